The van der Waals surface area contributed by atoms with Crippen molar-refractivity contribution in [3.05, 3.63) is 154 Å². The summed E-state index contributed by atoms with van der Waals surface area (Å²) in [6.07, 6.45) is 0. The zero-order valence-corrected chi connectivity index (χ0v) is 23.6. The van der Waals surface area contributed by atoms with Gasteiger partial charge in [-0.1, -0.05) is 97.1 Å². The van der Waals surface area contributed by atoms with Gasteiger partial charge in [0.25, 0.3) is 5.56 Å². The highest BCUT2D eigenvalue weighted by Gasteiger charge is 2.24. The van der Waals surface area contributed by atoms with Gasteiger partial charge in [0.2, 0.25) is 0 Å². The van der Waals surface area contributed by atoms with E-state index in [-0.39, 0.29) is 36.9 Å². The van der Waals surface area contributed by atoms with Gasteiger partial charge < -0.3 is 19.3 Å². The van der Waals surface area contributed by atoms with Crippen molar-refractivity contribution in [2.45, 2.75) is 19.8 Å². The number of hydrogen-bond donors (Lipinski definition) is 2. The van der Waals surface area contributed by atoms with Crippen LogP contribution in [0.25, 0.3) is 22.0 Å². The molecule has 1 heterocycles. The summed E-state index contributed by atoms with van der Waals surface area (Å²) in [6.45, 7) is 0.584. The molecule has 0 aliphatic heterocycles. The molecule has 0 fully saturated rings. The number of benzene rings is 5. The molecule has 1 aromatic heterocycles. The van der Waals surface area contributed by atoms with Gasteiger partial charge in [0.1, 0.15) is 42.8 Å². The molecule has 0 spiro atoms. The van der Waals surface area contributed by atoms with E-state index in [1.807, 2.05) is 91.0 Å². The van der Waals surface area contributed by atoms with Gasteiger partial charge >= 0.3 is 5.97 Å². The third kappa shape index (κ3) is 6.29. The zero-order chi connectivity index (χ0) is 30.3. The number of fused-ring (bicyclic) bond motifs is 1. The smallest absolute Gasteiger partial charge is 0.335 e. The van der Waals surface area contributed by atoms with Crippen molar-refractivity contribution in [1.82, 2.24) is 10.2 Å². The highest BCUT2D eigenvalue weighted by molar-refractivity contribution is 6.02. The summed E-state index contributed by atoms with van der Waals surface area (Å²) in [6, 6.07) is 36.8. The number of hydrogen-bond acceptors (Lipinski definition) is 6. The number of carboxylic acids is 1. The van der Waals surface area contributed by atoms with E-state index in [1.165, 1.54) is 12.1 Å². The summed E-state index contributed by atoms with van der Waals surface area (Å²) < 4.78 is 18.8. The van der Waals surface area contributed by atoms with Gasteiger partial charge in [0, 0.05) is 0 Å². The second kappa shape index (κ2) is 13.0. The fourth-order valence-corrected chi connectivity index (χ4v) is 4.87. The average Bonchev–Trinajstić information content (AvgIpc) is 3.07. The Labute approximate surface area is 253 Å². The second-order valence-electron chi connectivity index (χ2n) is 10.1. The number of H-pyrrole nitrogens is 1. The summed E-state index contributed by atoms with van der Waals surface area (Å²) in [4.78, 5) is 25.2. The third-order valence-corrected chi connectivity index (χ3v) is 7.04. The maximum atomic E-state index is 13.0. The molecule has 44 heavy (non-hydrogen) atoms. The quantitative estimate of drug-likeness (QED) is 0.168. The molecule has 2 N–H and O–H groups in total. The second-order valence-corrected chi connectivity index (χ2v) is 10.1. The number of aromatic carboxylic acids is 1. The van der Waals surface area contributed by atoms with E-state index in [1.54, 1.807) is 18.2 Å². The number of nitrogens with one attached hydrogen (secondary N) is 1. The standard InChI is InChI=1S/C36H28N2O6/c39-35-28-17-10-18-29(42-21-24-11-4-1-5-12-24)32(28)34(37-38-35)33-30(43-22-25-13-6-2-7-14-25)19-27(36(40)41)20-31(33)44-23-26-15-8-3-9-16-26/h1-20H,21-23H2,(H,38,39)(H,40,41). The molecule has 218 valence electrons. The number of carbonyl (C=O) groups is 1. The molecule has 0 aliphatic carbocycles. The Hall–Kier alpha value is -5.89. The van der Waals surface area contributed by atoms with Gasteiger partial charge in [-0.3, -0.25) is 4.79 Å². The third-order valence-electron chi connectivity index (χ3n) is 7.04. The highest BCUT2D eigenvalue weighted by Crippen LogP contribution is 2.44. The molecule has 8 heteroatoms. The van der Waals surface area contributed by atoms with Crippen molar-refractivity contribution in [2.75, 3.05) is 0 Å². The lowest BCUT2D eigenvalue weighted by Gasteiger charge is -2.19. The molecule has 5 aromatic carbocycles. The largest absolute Gasteiger partial charge is 0.488 e. The van der Waals surface area contributed by atoms with Crippen LogP contribution >= 0.6 is 0 Å². The summed E-state index contributed by atoms with van der Waals surface area (Å²) in [5.41, 5.74) is 3.02. The monoisotopic (exact) mass is 584 g/mol. The SMILES string of the molecule is O=C(O)c1cc(OCc2ccccc2)c(-c2n[nH]c(=O)c3cccc(OCc4ccccc4)c23)c(OCc2ccccc2)c1. The predicted molar refractivity (Wildman–Crippen MR) is 167 cm³/mol. The Kier molecular flexibility index (Phi) is 8.32. The minimum atomic E-state index is -1.14. The fourth-order valence-electron chi connectivity index (χ4n) is 4.87. The average molecular weight is 585 g/mol. The molecule has 0 amide bonds. The lowest BCUT2D eigenvalue weighted by atomic mass is 10.00. The van der Waals surface area contributed by atoms with E-state index in [4.69, 9.17) is 14.2 Å². The number of nitrogens with zero attached hydrogens (tertiary/aromatic N) is 1. The minimum absolute atomic E-state index is 0.0193. The van der Waals surface area contributed by atoms with Crippen LogP contribution in [-0.2, 0) is 19.8 Å². The first-order valence-corrected chi connectivity index (χ1v) is 14.0. The van der Waals surface area contributed by atoms with E-state index in [2.05, 4.69) is 10.2 Å². The first-order chi connectivity index (χ1) is 21.6. The first kappa shape index (κ1) is 28.2. The number of rotatable bonds is 11. The Morgan fingerprint density at radius 1 is 0.636 bits per heavy atom. The van der Waals surface area contributed by atoms with Crippen molar-refractivity contribution in [3.8, 4) is 28.5 Å². The van der Waals surface area contributed by atoms with Gasteiger partial charge in [-0.15, -0.1) is 0 Å². The Morgan fingerprint density at radius 2 is 1.11 bits per heavy atom. The van der Waals surface area contributed by atoms with Crippen LogP contribution in [0.5, 0.6) is 17.2 Å². The van der Waals surface area contributed by atoms with E-state index in [9.17, 15) is 14.7 Å². The summed E-state index contributed by atoms with van der Waals surface area (Å²) >= 11 is 0. The van der Waals surface area contributed by atoms with Crippen LogP contribution in [0, 0.1) is 0 Å². The zero-order valence-electron chi connectivity index (χ0n) is 23.6. The van der Waals surface area contributed by atoms with Crippen molar-refractivity contribution in [3.63, 3.8) is 0 Å². The van der Waals surface area contributed by atoms with Crippen LogP contribution in [0.4, 0.5) is 0 Å². The van der Waals surface area contributed by atoms with Crippen LogP contribution in [0.2, 0.25) is 0 Å². The Morgan fingerprint density at radius 3 is 1.59 bits per heavy atom. The summed E-state index contributed by atoms with van der Waals surface area (Å²) in [5.74, 6) is -0.242. The fraction of sp³-hybridized carbons (Fsp3) is 0.0833. The maximum Gasteiger partial charge on any atom is 0.335 e. The van der Waals surface area contributed by atoms with Crippen LogP contribution in [0.15, 0.2) is 126 Å². The lowest BCUT2D eigenvalue weighted by Crippen LogP contribution is -2.12. The molecule has 6 aromatic rings. The molecule has 0 aliphatic rings. The minimum Gasteiger partial charge on any atom is -0.488 e. The van der Waals surface area contributed by atoms with Crippen molar-refractivity contribution < 1.29 is 24.1 Å². The van der Waals surface area contributed by atoms with Gasteiger partial charge in [-0.2, -0.15) is 5.10 Å². The molecule has 6 rings (SSSR count). The van der Waals surface area contributed by atoms with Crippen LogP contribution in [0.3, 0.4) is 0 Å². The number of ether oxygens (including phenoxy) is 3. The van der Waals surface area contributed by atoms with Crippen LogP contribution < -0.4 is 19.8 Å². The van der Waals surface area contributed by atoms with Crippen molar-refractivity contribution in [1.29, 1.82) is 0 Å². The molecule has 0 saturated carbocycles. The van der Waals surface area contributed by atoms with Crippen molar-refractivity contribution in [2.24, 2.45) is 0 Å². The Bertz CT molecular complexity index is 1890. The van der Waals surface area contributed by atoms with Crippen LogP contribution in [-0.4, -0.2) is 21.3 Å². The molecule has 0 atom stereocenters. The molecule has 0 saturated heterocycles. The molecule has 8 nitrogen and oxygen atoms in total. The molecule has 0 unspecified atom stereocenters. The number of aromatic amines is 1. The van der Waals surface area contributed by atoms with E-state index >= 15 is 0 Å². The topological polar surface area (TPSA) is 111 Å². The number of aromatic nitrogens is 2. The van der Waals surface area contributed by atoms with E-state index in [0.29, 0.717) is 27.8 Å². The normalized spacial score (nSPS) is 10.8. The molecule has 0 bridgehead atoms. The first-order valence-electron chi connectivity index (χ1n) is 14.0. The predicted octanol–water partition coefficient (Wildman–Crippen LogP) is 7.03. The van der Waals surface area contributed by atoms with E-state index < -0.39 is 11.5 Å². The maximum absolute atomic E-state index is 13.0. The lowest BCUT2D eigenvalue weighted by molar-refractivity contribution is 0.0695. The molecule has 0 radical (unpaired) electrons. The molecular weight excluding hydrogens is 556 g/mol. The summed E-state index contributed by atoms with van der Waals surface area (Å²) in [5, 5.41) is 17.9. The molecular formula is C36H28N2O6. The van der Waals surface area contributed by atoms with Gasteiger partial charge in [-0.05, 0) is 41.0 Å². The van der Waals surface area contributed by atoms with Gasteiger partial charge in [0.15, 0.2) is 0 Å². The van der Waals surface area contributed by atoms with Gasteiger partial charge in [0.05, 0.1) is 21.9 Å². The van der Waals surface area contributed by atoms with E-state index in [0.717, 1.165) is 16.7 Å². The van der Waals surface area contributed by atoms with Gasteiger partial charge in [-0.25, -0.2) is 9.89 Å². The van der Waals surface area contributed by atoms with Crippen LogP contribution in [0.1, 0.15) is 27.0 Å². The highest BCUT2D eigenvalue weighted by atomic mass is 16.5. The Balaban J connectivity index is 1.53. The van der Waals surface area contributed by atoms with Crippen molar-refractivity contribution >= 4 is 16.7 Å². The number of carboxylic acid groups (broad SMARTS) is 1. The summed E-state index contributed by atoms with van der Waals surface area (Å²) in [7, 11) is 0.